The monoisotopic (exact) mass is 262 g/mol. The lowest BCUT2D eigenvalue weighted by Gasteiger charge is -2.15. The average molecular weight is 262 g/mol. The minimum absolute atomic E-state index is 0.509. The van der Waals surface area contributed by atoms with E-state index in [0.29, 0.717) is 5.92 Å². The molecule has 0 amide bonds. The first-order valence-electron chi connectivity index (χ1n) is 6.90. The van der Waals surface area contributed by atoms with Gasteiger partial charge in [0.1, 0.15) is 5.75 Å². The summed E-state index contributed by atoms with van der Waals surface area (Å²) in [6.07, 6.45) is 5.80. The van der Waals surface area contributed by atoms with E-state index in [9.17, 15) is 5.11 Å². The van der Waals surface area contributed by atoms with Gasteiger partial charge in [-0.25, -0.2) is 0 Å². The fraction of sp³-hybridized carbons (Fsp3) is 0.529. The highest BCUT2D eigenvalue weighted by molar-refractivity contribution is 5.58. The van der Waals surface area contributed by atoms with Crippen molar-refractivity contribution in [1.29, 1.82) is 0 Å². The summed E-state index contributed by atoms with van der Waals surface area (Å²) >= 11 is 0. The van der Waals surface area contributed by atoms with Crippen LogP contribution < -0.4 is 4.74 Å². The molecular formula is C17H26O2. The summed E-state index contributed by atoms with van der Waals surface area (Å²) in [4.78, 5) is 0. The number of ether oxygens (including phenoxy) is 1. The number of aliphatic hydroxyl groups is 1. The Kier molecular flexibility index (Phi) is 5.61. The number of hydrogen-bond donors (Lipinski definition) is 1. The van der Waals surface area contributed by atoms with E-state index >= 15 is 0 Å². The largest absolute Gasteiger partial charge is 0.496 e. The van der Waals surface area contributed by atoms with E-state index in [1.54, 1.807) is 7.11 Å². The second kappa shape index (κ2) is 6.76. The minimum Gasteiger partial charge on any atom is -0.496 e. The molecule has 1 aromatic rings. The van der Waals surface area contributed by atoms with Gasteiger partial charge in [-0.15, -0.1) is 0 Å². The molecule has 19 heavy (non-hydrogen) atoms. The molecule has 1 N–H and O–H groups in total. The second-order valence-corrected chi connectivity index (χ2v) is 5.91. The number of rotatable bonds is 6. The van der Waals surface area contributed by atoms with Crippen molar-refractivity contribution < 1.29 is 9.84 Å². The van der Waals surface area contributed by atoms with Crippen LogP contribution in [0.25, 0.3) is 6.08 Å². The van der Waals surface area contributed by atoms with Crippen molar-refractivity contribution in [2.24, 2.45) is 0 Å². The molecule has 1 aromatic carbocycles. The van der Waals surface area contributed by atoms with Crippen LogP contribution in [0.2, 0.25) is 0 Å². The van der Waals surface area contributed by atoms with Crippen LogP contribution in [-0.2, 0) is 0 Å². The molecule has 0 bridgehead atoms. The van der Waals surface area contributed by atoms with E-state index < -0.39 is 5.60 Å². The van der Waals surface area contributed by atoms with Crippen molar-refractivity contribution >= 4 is 6.08 Å². The van der Waals surface area contributed by atoms with Crippen molar-refractivity contribution in [3.05, 3.63) is 35.4 Å². The molecule has 0 saturated heterocycles. The molecule has 1 rings (SSSR count). The lowest BCUT2D eigenvalue weighted by molar-refractivity contribution is 0.0722. The van der Waals surface area contributed by atoms with Gasteiger partial charge in [-0.3, -0.25) is 0 Å². The molecule has 0 aromatic heterocycles. The molecule has 0 aliphatic heterocycles. The molecule has 0 atom stereocenters. The number of methoxy groups -OCH3 is 1. The third-order valence-corrected chi connectivity index (χ3v) is 3.14. The van der Waals surface area contributed by atoms with E-state index in [0.717, 1.165) is 24.2 Å². The summed E-state index contributed by atoms with van der Waals surface area (Å²) in [5, 5.41) is 9.67. The molecule has 0 spiro atoms. The van der Waals surface area contributed by atoms with Crippen LogP contribution in [0.4, 0.5) is 0 Å². The van der Waals surface area contributed by atoms with Crippen LogP contribution >= 0.6 is 0 Å². The quantitative estimate of drug-likeness (QED) is 0.824. The highest BCUT2D eigenvalue weighted by atomic mass is 16.5. The van der Waals surface area contributed by atoms with Gasteiger partial charge >= 0.3 is 0 Å². The molecule has 0 fully saturated rings. The SMILES string of the molecule is COc1ccc(C(C)C)cc1C=CCCC(C)(C)O. The summed E-state index contributed by atoms with van der Waals surface area (Å²) in [6, 6.07) is 6.30. The Morgan fingerprint density at radius 1 is 1.32 bits per heavy atom. The molecule has 0 saturated carbocycles. The van der Waals surface area contributed by atoms with Crippen molar-refractivity contribution in [2.75, 3.05) is 7.11 Å². The molecule has 0 heterocycles. The molecule has 2 nitrogen and oxygen atoms in total. The normalized spacial score (nSPS) is 12.4. The smallest absolute Gasteiger partial charge is 0.126 e. The van der Waals surface area contributed by atoms with E-state index in [2.05, 4.69) is 38.1 Å². The highest BCUT2D eigenvalue weighted by Crippen LogP contribution is 2.25. The van der Waals surface area contributed by atoms with Gasteiger partial charge in [0.05, 0.1) is 12.7 Å². The zero-order valence-electron chi connectivity index (χ0n) is 12.7. The third-order valence-electron chi connectivity index (χ3n) is 3.14. The standard InChI is InChI=1S/C17H26O2/c1-13(2)14-9-10-16(19-5)15(12-14)8-6-7-11-17(3,4)18/h6,8-10,12-13,18H,7,11H2,1-5H3. The van der Waals surface area contributed by atoms with Crippen molar-refractivity contribution in [1.82, 2.24) is 0 Å². The van der Waals surface area contributed by atoms with Crippen LogP contribution in [0.5, 0.6) is 5.75 Å². The van der Waals surface area contributed by atoms with Crippen LogP contribution in [-0.4, -0.2) is 17.8 Å². The van der Waals surface area contributed by atoms with Gasteiger partial charge in [0.25, 0.3) is 0 Å². The van der Waals surface area contributed by atoms with E-state index in [4.69, 9.17) is 4.74 Å². The van der Waals surface area contributed by atoms with Gasteiger partial charge in [0.2, 0.25) is 0 Å². The van der Waals surface area contributed by atoms with Crippen molar-refractivity contribution in [3.63, 3.8) is 0 Å². The first-order valence-corrected chi connectivity index (χ1v) is 6.90. The van der Waals surface area contributed by atoms with Gasteiger partial charge in [-0.1, -0.05) is 32.1 Å². The predicted octanol–water partition coefficient (Wildman–Crippen LogP) is 4.38. The summed E-state index contributed by atoms with van der Waals surface area (Å²) in [7, 11) is 1.69. The topological polar surface area (TPSA) is 29.5 Å². The average Bonchev–Trinajstić information content (AvgIpc) is 2.33. The van der Waals surface area contributed by atoms with E-state index in [1.165, 1.54) is 5.56 Å². The van der Waals surface area contributed by atoms with Crippen LogP contribution in [0.15, 0.2) is 24.3 Å². The summed E-state index contributed by atoms with van der Waals surface area (Å²) in [6.45, 7) is 8.04. The first-order chi connectivity index (χ1) is 8.83. The van der Waals surface area contributed by atoms with Crippen LogP contribution in [0, 0.1) is 0 Å². The van der Waals surface area contributed by atoms with E-state index in [1.807, 2.05) is 19.9 Å². The van der Waals surface area contributed by atoms with Crippen molar-refractivity contribution in [2.45, 2.75) is 52.1 Å². The Labute approximate surface area is 117 Å². The summed E-state index contributed by atoms with van der Waals surface area (Å²) in [5.41, 5.74) is 1.81. The van der Waals surface area contributed by atoms with Gasteiger partial charge in [-0.2, -0.15) is 0 Å². The van der Waals surface area contributed by atoms with Crippen LogP contribution in [0.1, 0.15) is 57.6 Å². The molecule has 0 radical (unpaired) electrons. The summed E-state index contributed by atoms with van der Waals surface area (Å²) < 4.78 is 5.38. The predicted molar refractivity (Wildman–Crippen MR) is 81.6 cm³/mol. The number of allylic oxidation sites excluding steroid dienone is 1. The van der Waals surface area contributed by atoms with Gasteiger partial charge in [-0.05, 0) is 50.3 Å². The van der Waals surface area contributed by atoms with Gasteiger partial charge in [0, 0.05) is 5.56 Å². The Balaban J connectivity index is 2.80. The molecular weight excluding hydrogens is 236 g/mol. The maximum atomic E-state index is 9.67. The van der Waals surface area contributed by atoms with Gasteiger partial charge in [0.15, 0.2) is 0 Å². The Hall–Kier alpha value is -1.28. The van der Waals surface area contributed by atoms with Crippen molar-refractivity contribution in [3.8, 4) is 5.75 Å². The summed E-state index contributed by atoms with van der Waals surface area (Å²) in [5.74, 6) is 1.40. The lowest BCUT2D eigenvalue weighted by Crippen LogP contribution is -2.17. The zero-order valence-corrected chi connectivity index (χ0v) is 12.7. The minimum atomic E-state index is -0.603. The fourth-order valence-electron chi connectivity index (χ4n) is 1.89. The maximum Gasteiger partial charge on any atom is 0.126 e. The second-order valence-electron chi connectivity index (χ2n) is 5.91. The Bertz CT molecular complexity index is 425. The molecule has 0 aliphatic rings. The highest BCUT2D eigenvalue weighted by Gasteiger charge is 2.10. The first kappa shape index (κ1) is 15.8. The number of benzene rings is 1. The Morgan fingerprint density at radius 3 is 2.53 bits per heavy atom. The van der Waals surface area contributed by atoms with E-state index in [-0.39, 0.29) is 0 Å². The zero-order chi connectivity index (χ0) is 14.5. The fourth-order valence-corrected chi connectivity index (χ4v) is 1.89. The lowest BCUT2D eigenvalue weighted by atomic mass is 9.99. The molecule has 106 valence electrons. The molecule has 0 aliphatic carbocycles. The molecule has 0 unspecified atom stereocenters. The maximum absolute atomic E-state index is 9.67. The molecule has 2 heteroatoms. The van der Waals surface area contributed by atoms with Crippen LogP contribution in [0.3, 0.4) is 0 Å². The third kappa shape index (κ3) is 5.48. The van der Waals surface area contributed by atoms with Gasteiger partial charge < -0.3 is 9.84 Å². The number of hydrogen-bond acceptors (Lipinski definition) is 2. The Morgan fingerprint density at radius 2 is 2.00 bits per heavy atom.